The van der Waals surface area contributed by atoms with Crippen molar-refractivity contribution >= 4 is 40.5 Å². The maximum atomic E-state index is 11.8. The molecule has 0 spiro atoms. The second-order valence-electron chi connectivity index (χ2n) is 4.37. The summed E-state index contributed by atoms with van der Waals surface area (Å²) in [5, 5.41) is 5.21. The van der Waals surface area contributed by atoms with Gasteiger partial charge in [0.1, 0.15) is 5.75 Å². The molecular formula is C15H14ClN3O3. The SMILES string of the molecule is COc1ccc(NC(=O)C(=O)Nc2ccc(N)c(Cl)c2)cc1. The number of nitrogen functional groups attached to an aromatic ring is 1. The zero-order valence-electron chi connectivity index (χ0n) is 11.7. The van der Waals surface area contributed by atoms with Crippen LogP contribution in [0.3, 0.4) is 0 Å². The molecule has 7 heteroatoms. The van der Waals surface area contributed by atoms with Gasteiger partial charge in [-0.3, -0.25) is 9.59 Å². The van der Waals surface area contributed by atoms with Gasteiger partial charge in [-0.15, -0.1) is 0 Å². The van der Waals surface area contributed by atoms with Crippen LogP contribution in [0.2, 0.25) is 5.02 Å². The van der Waals surface area contributed by atoms with Gasteiger partial charge in [0.15, 0.2) is 0 Å². The molecule has 0 radical (unpaired) electrons. The third kappa shape index (κ3) is 3.89. The number of nitrogens with one attached hydrogen (secondary N) is 2. The van der Waals surface area contributed by atoms with E-state index in [1.807, 2.05) is 0 Å². The van der Waals surface area contributed by atoms with E-state index in [0.29, 0.717) is 27.8 Å². The van der Waals surface area contributed by atoms with E-state index < -0.39 is 11.8 Å². The van der Waals surface area contributed by atoms with Crippen LogP contribution in [0.25, 0.3) is 0 Å². The van der Waals surface area contributed by atoms with Gasteiger partial charge in [-0.25, -0.2) is 0 Å². The molecule has 0 aliphatic heterocycles. The summed E-state index contributed by atoms with van der Waals surface area (Å²) in [5.41, 5.74) is 6.83. The molecule has 114 valence electrons. The van der Waals surface area contributed by atoms with Gasteiger partial charge in [-0.2, -0.15) is 0 Å². The fraction of sp³-hybridized carbons (Fsp3) is 0.0667. The monoisotopic (exact) mass is 319 g/mol. The first-order valence-corrected chi connectivity index (χ1v) is 6.69. The highest BCUT2D eigenvalue weighted by molar-refractivity contribution is 6.43. The van der Waals surface area contributed by atoms with Crippen molar-refractivity contribution in [3.63, 3.8) is 0 Å². The fourth-order valence-corrected chi connectivity index (χ4v) is 1.84. The number of hydrogen-bond donors (Lipinski definition) is 3. The van der Waals surface area contributed by atoms with E-state index in [1.54, 1.807) is 43.5 Å². The number of carbonyl (C=O) groups excluding carboxylic acids is 2. The smallest absolute Gasteiger partial charge is 0.314 e. The fourth-order valence-electron chi connectivity index (χ4n) is 1.65. The molecule has 22 heavy (non-hydrogen) atoms. The first kappa shape index (κ1) is 15.7. The van der Waals surface area contributed by atoms with Gasteiger partial charge in [0.05, 0.1) is 17.8 Å². The minimum Gasteiger partial charge on any atom is -0.497 e. The molecule has 0 atom stereocenters. The topological polar surface area (TPSA) is 93.4 Å². The molecule has 0 bridgehead atoms. The molecule has 2 aromatic carbocycles. The first-order chi connectivity index (χ1) is 10.5. The van der Waals surface area contributed by atoms with Crippen LogP contribution in [0.4, 0.5) is 17.1 Å². The lowest BCUT2D eigenvalue weighted by Gasteiger charge is -2.08. The molecule has 4 N–H and O–H groups in total. The van der Waals surface area contributed by atoms with Crippen molar-refractivity contribution in [1.82, 2.24) is 0 Å². The largest absolute Gasteiger partial charge is 0.497 e. The van der Waals surface area contributed by atoms with Crippen LogP contribution in [0.1, 0.15) is 0 Å². The Balaban J connectivity index is 1.99. The summed E-state index contributed by atoms with van der Waals surface area (Å²) < 4.78 is 5.01. The van der Waals surface area contributed by atoms with Crippen molar-refractivity contribution in [3.8, 4) is 5.75 Å². The number of methoxy groups -OCH3 is 1. The Morgan fingerprint density at radius 2 is 1.55 bits per heavy atom. The number of halogens is 1. The number of carbonyl (C=O) groups is 2. The second kappa shape index (κ2) is 6.82. The van der Waals surface area contributed by atoms with Gasteiger partial charge in [0.25, 0.3) is 0 Å². The van der Waals surface area contributed by atoms with Crippen molar-refractivity contribution < 1.29 is 14.3 Å². The van der Waals surface area contributed by atoms with E-state index in [-0.39, 0.29) is 0 Å². The summed E-state index contributed by atoms with van der Waals surface area (Å²) in [5.74, 6) is -0.950. The Morgan fingerprint density at radius 1 is 1.00 bits per heavy atom. The average molecular weight is 320 g/mol. The molecule has 2 aromatic rings. The summed E-state index contributed by atoms with van der Waals surface area (Å²) >= 11 is 5.85. The highest BCUT2D eigenvalue weighted by Crippen LogP contribution is 2.22. The molecule has 0 saturated heterocycles. The van der Waals surface area contributed by atoms with E-state index in [0.717, 1.165) is 0 Å². The average Bonchev–Trinajstić information content (AvgIpc) is 2.51. The molecule has 0 heterocycles. The molecule has 6 nitrogen and oxygen atoms in total. The Morgan fingerprint density at radius 3 is 2.09 bits per heavy atom. The maximum absolute atomic E-state index is 11.8. The summed E-state index contributed by atoms with van der Waals surface area (Å²) in [6, 6.07) is 11.2. The van der Waals surface area contributed by atoms with E-state index in [9.17, 15) is 9.59 Å². The van der Waals surface area contributed by atoms with E-state index in [4.69, 9.17) is 22.1 Å². The number of nitrogens with two attached hydrogens (primary N) is 1. The zero-order valence-corrected chi connectivity index (χ0v) is 12.5. The van der Waals surface area contributed by atoms with Crippen molar-refractivity contribution in [2.45, 2.75) is 0 Å². The molecule has 0 unspecified atom stereocenters. The molecular weight excluding hydrogens is 306 g/mol. The molecule has 0 fully saturated rings. The molecule has 2 amide bonds. The van der Waals surface area contributed by atoms with Gasteiger partial charge >= 0.3 is 11.8 Å². The number of amides is 2. The normalized spacial score (nSPS) is 9.91. The summed E-state index contributed by atoms with van der Waals surface area (Å²) in [4.78, 5) is 23.6. The van der Waals surface area contributed by atoms with Crippen molar-refractivity contribution in [3.05, 3.63) is 47.5 Å². The van der Waals surface area contributed by atoms with Gasteiger partial charge in [-0.05, 0) is 42.5 Å². The lowest BCUT2D eigenvalue weighted by Crippen LogP contribution is -2.29. The Bertz CT molecular complexity index is 702. The Kier molecular flexibility index (Phi) is 4.85. The molecule has 0 aliphatic carbocycles. The maximum Gasteiger partial charge on any atom is 0.314 e. The van der Waals surface area contributed by atoms with E-state index in [2.05, 4.69) is 10.6 Å². The number of ether oxygens (including phenoxy) is 1. The number of anilines is 3. The lowest BCUT2D eigenvalue weighted by atomic mass is 10.2. The van der Waals surface area contributed by atoms with Crippen molar-refractivity contribution in [1.29, 1.82) is 0 Å². The summed E-state index contributed by atoms with van der Waals surface area (Å²) in [6.45, 7) is 0. The molecule has 2 rings (SSSR count). The van der Waals surface area contributed by atoms with Crippen LogP contribution in [-0.4, -0.2) is 18.9 Å². The number of benzene rings is 2. The van der Waals surface area contributed by atoms with Crippen molar-refractivity contribution in [2.75, 3.05) is 23.5 Å². The molecule has 0 aliphatic rings. The third-order valence-corrected chi connectivity index (χ3v) is 3.14. The standard InChI is InChI=1S/C15H14ClN3O3/c1-22-11-5-2-9(3-6-11)18-14(20)15(21)19-10-4-7-13(17)12(16)8-10/h2-8H,17H2,1H3,(H,18,20)(H,19,21). The predicted molar refractivity (Wildman–Crippen MR) is 86.1 cm³/mol. The van der Waals surface area contributed by atoms with Gasteiger partial charge in [-0.1, -0.05) is 11.6 Å². The van der Waals surface area contributed by atoms with Crippen molar-refractivity contribution in [2.24, 2.45) is 0 Å². The number of hydrogen-bond acceptors (Lipinski definition) is 4. The van der Waals surface area contributed by atoms with Crippen LogP contribution in [-0.2, 0) is 9.59 Å². The van der Waals surface area contributed by atoms with Crippen LogP contribution in [0.15, 0.2) is 42.5 Å². The quantitative estimate of drug-likeness (QED) is 0.598. The zero-order chi connectivity index (χ0) is 16.1. The van der Waals surface area contributed by atoms with Gasteiger partial charge in [0, 0.05) is 11.4 Å². The van der Waals surface area contributed by atoms with E-state index >= 15 is 0 Å². The lowest BCUT2D eigenvalue weighted by molar-refractivity contribution is -0.132. The minimum atomic E-state index is -0.809. The molecule has 0 saturated carbocycles. The van der Waals surface area contributed by atoms with Gasteiger partial charge in [0.2, 0.25) is 0 Å². The highest BCUT2D eigenvalue weighted by atomic mass is 35.5. The first-order valence-electron chi connectivity index (χ1n) is 6.31. The van der Waals surface area contributed by atoms with E-state index in [1.165, 1.54) is 6.07 Å². The summed E-state index contributed by atoms with van der Waals surface area (Å²) in [6.07, 6.45) is 0. The van der Waals surface area contributed by atoms with Crippen LogP contribution >= 0.6 is 11.6 Å². The minimum absolute atomic E-state index is 0.299. The second-order valence-corrected chi connectivity index (χ2v) is 4.78. The highest BCUT2D eigenvalue weighted by Gasteiger charge is 2.14. The molecule has 0 aromatic heterocycles. The van der Waals surface area contributed by atoms with Crippen LogP contribution in [0, 0.1) is 0 Å². The third-order valence-electron chi connectivity index (χ3n) is 2.81. The predicted octanol–water partition coefficient (Wildman–Crippen LogP) is 2.51. The van der Waals surface area contributed by atoms with Crippen LogP contribution < -0.4 is 21.1 Å². The van der Waals surface area contributed by atoms with Crippen LogP contribution in [0.5, 0.6) is 5.75 Å². The number of rotatable bonds is 3. The van der Waals surface area contributed by atoms with Gasteiger partial charge < -0.3 is 21.1 Å². The Hall–Kier alpha value is -2.73. The summed E-state index contributed by atoms with van der Waals surface area (Å²) in [7, 11) is 1.54. The Labute approximate surface area is 132 Å².